The molecule has 0 bridgehead atoms. The second kappa shape index (κ2) is 6.73. The molecule has 1 N–H and O–H groups in total. The molecule has 0 amide bonds. The highest BCUT2D eigenvalue weighted by Crippen LogP contribution is 2.35. The Morgan fingerprint density at radius 3 is 2.76 bits per heavy atom. The van der Waals surface area contributed by atoms with E-state index >= 15 is 0 Å². The first kappa shape index (κ1) is 16.2. The molecule has 1 aromatic rings. The van der Waals surface area contributed by atoms with Crippen molar-refractivity contribution in [2.75, 3.05) is 25.0 Å². The van der Waals surface area contributed by atoms with Crippen LogP contribution in [0, 0.1) is 17.2 Å². The van der Waals surface area contributed by atoms with Gasteiger partial charge in [-0.2, -0.15) is 0 Å². The van der Waals surface area contributed by atoms with Crippen LogP contribution in [0.3, 0.4) is 0 Å². The largest absolute Gasteiger partial charge is 0.354 e. The summed E-state index contributed by atoms with van der Waals surface area (Å²) in [5, 5.41) is 3.01. The maximum absolute atomic E-state index is 14.6. The van der Waals surface area contributed by atoms with Gasteiger partial charge in [0.2, 0.25) is 0 Å². The topological polar surface area (TPSA) is 28.2 Å². The zero-order valence-electron chi connectivity index (χ0n) is 13.7. The van der Waals surface area contributed by atoms with Crippen LogP contribution >= 0.6 is 0 Å². The van der Waals surface area contributed by atoms with Gasteiger partial charge in [-0.1, -0.05) is 20.8 Å². The Kier molecular flexibility index (Phi) is 5.20. The molecule has 1 aromatic heterocycles. The Morgan fingerprint density at radius 2 is 2.10 bits per heavy atom. The zero-order valence-corrected chi connectivity index (χ0v) is 13.7. The fraction of sp³-hybridized carbons (Fsp3) is 0.706. The number of pyridine rings is 1. The molecule has 3 nitrogen and oxygen atoms in total. The molecule has 0 aliphatic carbocycles. The summed E-state index contributed by atoms with van der Waals surface area (Å²) in [7, 11) is 1.83. The summed E-state index contributed by atoms with van der Waals surface area (Å²) in [6.07, 6.45) is 5.16. The number of nitrogens with zero attached hydrogens (tertiary/aromatic N) is 2. The molecule has 1 atom stereocenters. The highest BCUT2D eigenvalue weighted by molar-refractivity contribution is 5.43. The van der Waals surface area contributed by atoms with E-state index in [0.29, 0.717) is 29.3 Å². The number of nitrogens with one attached hydrogen (secondary N) is 1. The van der Waals surface area contributed by atoms with Crippen LogP contribution in [0.4, 0.5) is 10.2 Å². The van der Waals surface area contributed by atoms with E-state index in [1.807, 2.05) is 7.05 Å². The van der Waals surface area contributed by atoms with Gasteiger partial charge in [-0.25, -0.2) is 9.37 Å². The zero-order chi connectivity index (χ0) is 15.5. The van der Waals surface area contributed by atoms with E-state index in [4.69, 9.17) is 0 Å². The molecule has 1 saturated heterocycles. The average Bonchev–Trinajstić information content (AvgIpc) is 2.67. The number of rotatable bonds is 3. The van der Waals surface area contributed by atoms with Crippen LogP contribution in [0.1, 0.15) is 45.6 Å². The number of halogens is 1. The van der Waals surface area contributed by atoms with Gasteiger partial charge in [0.05, 0.1) is 0 Å². The van der Waals surface area contributed by atoms with Gasteiger partial charge < -0.3 is 10.2 Å². The Labute approximate surface area is 127 Å². The lowest BCUT2D eigenvalue weighted by Gasteiger charge is -2.30. The fourth-order valence-electron chi connectivity index (χ4n) is 3.19. The Balaban J connectivity index is 2.14. The normalized spacial score (nSPS) is 20.4. The Bertz CT molecular complexity index is 468. The molecule has 0 spiro atoms. The molecule has 1 unspecified atom stereocenters. The minimum absolute atomic E-state index is 0.166. The second-order valence-electron chi connectivity index (χ2n) is 7.12. The summed E-state index contributed by atoms with van der Waals surface area (Å²) in [5.41, 5.74) is 1.02. The van der Waals surface area contributed by atoms with Crippen LogP contribution in [-0.4, -0.2) is 25.1 Å². The molecule has 118 valence electrons. The number of hydrogen-bond donors (Lipinski definition) is 1. The van der Waals surface area contributed by atoms with E-state index in [-0.39, 0.29) is 5.82 Å². The van der Waals surface area contributed by atoms with Crippen molar-refractivity contribution in [3.05, 3.63) is 23.6 Å². The molecule has 0 aromatic carbocycles. The number of aromatic nitrogens is 1. The highest BCUT2D eigenvalue weighted by Gasteiger charge is 2.28. The molecule has 4 heteroatoms. The quantitative estimate of drug-likeness (QED) is 0.923. The second-order valence-corrected chi connectivity index (χ2v) is 7.12. The third-order valence-corrected chi connectivity index (χ3v) is 4.57. The predicted octanol–water partition coefficient (Wildman–Crippen LogP) is 3.59. The Morgan fingerprint density at radius 1 is 1.33 bits per heavy atom. The molecule has 1 aliphatic heterocycles. The van der Waals surface area contributed by atoms with Crippen molar-refractivity contribution in [2.24, 2.45) is 11.3 Å². The van der Waals surface area contributed by atoms with Crippen LogP contribution in [0.5, 0.6) is 0 Å². The minimum atomic E-state index is -0.166. The summed E-state index contributed by atoms with van der Waals surface area (Å²) in [6.45, 7) is 9.26. The lowest BCUT2D eigenvalue weighted by molar-refractivity contribution is 0.220. The van der Waals surface area contributed by atoms with Crippen molar-refractivity contribution in [3.8, 4) is 0 Å². The van der Waals surface area contributed by atoms with Crippen molar-refractivity contribution >= 4 is 5.82 Å². The number of anilines is 1. The van der Waals surface area contributed by atoms with Crippen molar-refractivity contribution in [1.29, 1.82) is 0 Å². The molecule has 0 saturated carbocycles. The molecular formula is C17H28FN3. The lowest BCUT2D eigenvalue weighted by Crippen LogP contribution is -2.28. The first-order valence-electron chi connectivity index (χ1n) is 7.96. The summed E-state index contributed by atoms with van der Waals surface area (Å²) in [5.74, 6) is 1.06. The summed E-state index contributed by atoms with van der Waals surface area (Å²) >= 11 is 0. The molecule has 1 aliphatic rings. The highest BCUT2D eigenvalue weighted by atomic mass is 19.1. The van der Waals surface area contributed by atoms with Crippen LogP contribution < -0.4 is 10.2 Å². The summed E-state index contributed by atoms with van der Waals surface area (Å²) < 4.78 is 14.6. The van der Waals surface area contributed by atoms with E-state index in [1.54, 1.807) is 12.3 Å². The molecule has 0 radical (unpaired) electrons. The van der Waals surface area contributed by atoms with E-state index in [1.165, 1.54) is 6.42 Å². The lowest BCUT2D eigenvalue weighted by atomic mass is 9.77. The van der Waals surface area contributed by atoms with E-state index in [2.05, 4.69) is 36.0 Å². The molecular weight excluding hydrogens is 265 g/mol. The van der Waals surface area contributed by atoms with Gasteiger partial charge in [0.15, 0.2) is 11.6 Å². The SMILES string of the molecule is CNCc1ccnc(N2CCCC(C(C)(C)C)CC2)c1F. The smallest absolute Gasteiger partial charge is 0.170 e. The number of hydrogen-bond acceptors (Lipinski definition) is 3. The molecule has 1 fully saturated rings. The van der Waals surface area contributed by atoms with Crippen molar-refractivity contribution in [2.45, 2.75) is 46.6 Å². The van der Waals surface area contributed by atoms with Gasteiger partial charge in [0.1, 0.15) is 0 Å². The van der Waals surface area contributed by atoms with Crippen LogP contribution in [0.15, 0.2) is 12.3 Å². The van der Waals surface area contributed by atoms with Gasteiger partial charge in [-0.05, 0) is 43.7 Å². The van der Waals surface area contributed by atoms with Gasteiger partial charge in [-0.15, -0.1) is 0 Å². The third kappa shape index (κ3) is 3.94. The molecule has 2 heterocycles. The summed E-state index contributed by atoms with van der Waals surface area (Å²) in [6, 6.07) is 1.76. The van der Waals surface area contributed by atoms with E-state index in [0.717, 1.165) is 25.9 Å². The van der Waals surface area contributed by atoms with Gasteiger partial charge in [-0.3, -0.25) is 0 Å². The maximum atomic E-state index is 14.6. The van der Waals surface area contributed by atoms with E-state index < -0.39 is 0 Å². The van der Waals surface area contributed by atoms with Gasteiger partial charge >= 0.3 is 0 Å². The standard InChI is InChI=1S/C17H28FN3/c1-17(2,3)14-6-5-10-21(11-8-14)16-15(18)13(12-19-4)7-9-20-16/h7,9,14,19H,5-6,8,10-12H2,1-4H3. The van der Waals surface area contributed by atoms with Crippen molar-refractivity contribution in [1.82, 2.24) is 10.3 Å². The summed E-state index contributed by atoms with van der Waals surface area (Å²) in [4.78, 5) is 6.42. The van der Waals surface area contributed by atoms with Crippen LogP contribution in [0.25, 0.3) is 0 Å². The van der Waals surface area contributed by atoms with Crippen LogP contribution in [-0.2, 0) is 6.54 Å². The maximum Gasteiger partial charge on any atom is 0.170 e. The monoisotopic (exact) mass is 293 g/mol. The van der Waals surface area contributed by atoms with Crippen molar-refractivity contribution in [3.63, 3.8) is 0 Å². The molecule has 2 rings (SSSR count). The van der Waals surface area contributed by atoms with Gasteiger partial charge in [0, 0.05) is 31.4 Å². The molecule has 21 heavy (non-hydrogen) atoms. The first-order valence-corrected chi connectivity index (χ1v) is 7.96. The van der Waals surface area contributed by atoms with Crippen LogP contribution in [0.2, 0.25) is 0 Å². The predicted molar refractivity (Wildman–Crippen MR) is 86.0 cm³/mol. The third-order valence-electron chi connectivity index (χ3n) is 4.57. The van der Waals surface area contributed by atoms with E-state index in [9.17, 15) is 4.39 Å². The van der Waals surface area contributed by atoms with Crippen molar-refractivity contribution < 1.29 is 4.39 Å². The Hall–Kier alpha value is -1.16. The minimum Gasteiger partial charge on any atom is -0.354 e. The first-order chi connectivity index (χ1) is 9.93. The fourth-order valence-corrected chi connectivity index (χ4v) is 3.19. The van der Waals surface area contributed by atoms with Gasteiger partial charge in [0.25, 0.3) is 0 Å². The average molecular weight is 293 g/mol.